The predicted molar refractivity (Wildman–Crippen MR) is 82.4 cm³/mol. The van der Waals surface area contributed by atoms with Gasteiger partial charge in [-0.25, -0.2) is 0 Å². The first kappa shape index (κ1) is 13.6. The summed E-state index contributed by atoms with van der Waals surface area (Å²) < 4.78 is 0.964. The summed E-state index contributed by atoms with van der Waals surface area (Å²) in [6.07, 6.45) is 3.21. The number of para-hydroxylation sites is 1. The maximum Gasteiger partial charge on any atom is 0.187 e. The SMILES string of the molecule is Cc1ccccc1N/C=C/C(=O)c1ccc(Br)cc1. The second kappa shape index (κ2) is 6.34. The number of hydrogen-bond acceptors (Lipinski definition) is 2. The van der Waals surface area contributed by atoms with Gasteiger partial charge in [-0.3, -0.25) is 4.79 Å². The molecule has 0 saturated heterocycles. The molecule has 0 saturated carbocycles. The van der Waals surface area contributed by atoms with Crippen LogP contribution in [0.15, 0.2) is 65.3 Å². The molecule has 0 aliphatic carbocycles. The van der Waals surface area contributed by atoms with E-state index in [2.05, 4.69) is 21.2 Å². The number of halogens is 1. The minimum Gasteiger partial charge on any atom is -0.361 e. The zero-order chi connectivity index (χ0) is 13.7. The Hall–Kier alpha value is -1.87. The maximum absolute atomic E-state index is 11.9. The highest BCUT2D eigenvalue weighted by Gasteiger charge is 2.00. The first-order valence-electron chi connectivity index (χ1n) is 5.95. The highest BCUT2D eigenvalue weighted by atomic mass is 79.9. The highest BCUT2D eigenvalue weighted by molar-refractivity contribution is 9.10. The number of carbonyl (C=O) groups is 1. The zero-order valence-electron chi connectivity index (χ0n) is 10.6. The van der Waals surface area contributed by atoms with Crippen LogP contribution in [0.4, 0.5) is 5.69 Å². The summed E-state index contributed by atoms with van der Waals surface area (Å²) in [5.74, 6) is -0.0198. The second-order valence-electron chi connectivity index (χ2n) is 4.16. The van der Waals surface area contributed by atoms with Crippen LogP contribution in [0.1, 0.15) is 15.9 Å². The maximum atomic E-state index is 11.9. The second-order valence-corrected chi connectivity index (χ2v) is 5.08. The number of benzene rings is 2. The van der Waals surface area contributed by atoms with Gasteiger partial charge in [-0.2, -0.15) is 0 Å². The van der Waals surface area contributed by atoms with Gasteiger partial charge < -0.3 is 5.32 Å². The number of aryl methyl sites for hydroxylation is 1. The lowest BCUT2D eigenvalue weighted by atomic mass is 10.1. The number of carbonyl (C=O) groups excluding carboxylic acids is 1. The molecule has 96 valence electrons. The molecule has 0 radical (unpaired) electrons. The van der Waals surface area contributed by atoms with Crippen molar-refractivity contribution in [2.24, 2.45) is 0 Å². The number of rotatable bonds is 4. The summed E-state index contributed by atoms with van der Waals surface area (Å²) in [5, 5.41) is 3.11. The molecule has 2 aromatic rings. The number of nitrogens with one attached hydrogen (secondary N) is 1. The summed E-state index contributed by atoms with van der Waals surface area (Å²) in [4.78, 5) is 11.9. The van der Waals surface area contributed by atoms with Gasteiger partial charge in [0.25, 0.3) is 0 Å². The fraction of sp³-hybridized carbons (Fsp3) is 0.0625. The van der Waals surface area contributed by atoms with E-state index in [9.17, 15) is 4.79 Å². The van der Waals surface area contributed by atoms with Crippen molar-refractivity contribution in [2.45, 2.75) is 6.92 Å². The van der Waals surface area contributed by atoms with Crippen molar-refractivity contribution in [1.82, 2.24) is 0 Å². The number of hydrogen-bond donors (Lipinski definition) is 1. The zero-order valence-corrected chi connectivity index (χ0v) is 12.1. The largest absolute Gasteiger partial charge is 0.361 e. The third-order valence-corrected chi connectivity index (χ3v) is 3.28. The Morgan fingerprint density at radius 1 is 1.11 bits per heavy atom. The van der Waals surface area contributed by atoms with E-state index in [0.717, 1.165) is 15.7 Å². The van der Waals surface area contributed by atoms with Crippen molar-refractivity contribution < 1.29 is 4.79 Å². The van der Waals surface area contributed by atoms with Gasteiger partial charge in [0.05, 0.1) is 0 Å². The first-order chi connectivity index (χ1) is 9.16. The fourth-order valence-corrected chi connectivity index (χ4v) is 1.92. The van der Waals surface area contributed by atoms with Crippen LogP contribution in [-0.4, -0.2) is 5.78 Å². The van der Waals surface area contributed by atoms with E-state index >= 15 is 0 Å². The summed E-state index contributed by atoms with van der Waals surface area (Å²) in [5.41, 5.74) is 2.82. The number of anilines is 1. The molecule has 0 unspecified atom stereocenters. The van der Waals surface area contributed by atoms with Crippen LogP contribution in [-0.2, 0) is 0 Å². The highest BCUT2D eigenvalue weighted by Crippen LogP contribution is 2.13. The molecule has 0 amide bonds. The van der Waals surface area contributed by atoms with Crippen molar-refractivity contribution in [2.75, 3.05) is 5.32 Å². The number of allylic oxidation sites excluding steroid dienone is 1. The Morgan fingerprint density at radius 3 is 2.47 bits per heavy atom. The summed E-state index contributed by atoms with van der Waals surface area (Å²) in [7, 11) is 0. The quantitative estimate of drug-likeness (QED) is 0.661. The standard InChI is InChI=1S/C16H14BrNO/c1-12-4-2-3-5-15(12)18-11-10-16(19)13-6-8-14(17)9-7-13/h2-11,18H,1H3/b11-10+. The van der Waals surface area contributed by atoms with Crippen molar-refractivity contribution in [1.29, 1.82) is 0 Å². The van der Waals surface area contributed by atoms with Gasteiger partial charge in [-0.15, -0.1) is 0 Å². The lowest BCUT2D eigenvalue weighted by molar-refractivity contribution is 0.104. The molecular formula is C16H14BrNO. The summed E-state index contributed by atoms with van der Waals surface area (Å²) in [6.45, 7) is 2.02. The Labute approximate surface area is 121 Å². The molecule has 0 heterocycles. The molecule has 2 nitrogen and oxygen atoms in total. The molecule has 2 aromatic carbocycles. The van der Waals surface area contributed by atoms with E-state index in [0.29, 0.717) is 5.56 Å². The lowest BCUT2D eigenvalue weighted by Gasteiger charge is -2.03. The minimum atomic E-state index is -0.0198. The molecule has 3 heteroatoms. The monoisotopic (exact) mass is 315 g/mol. The topological polar surface area (TPSA) is 29.1 Å². The van der Waals surface area contributed by atoms with E-state index in [1.54, 1.807) is 18.3 Å². The van der Waals surface area contributed by atoms with E-state index in [4.69, 9.17) is 0 Å². The van der Waals surface area contributed by atoms with E-state index in [1.165, 1.54) is 6.08 Å². The Morgan fingerprint density at radius 2 is 1.79 bits per heavy atom. The smallest absolute Gasteiger partial charge is 0.187 e. The van der Waals surface area contributed by atoms with Gasteiger partial charge in [0.1, 0.15) is 0 Å². The van der Waals surface area contributed by atoms with Crippen LogP contribution in [0.3, 0.4) is 0 Å². The van der Waals surface area contributed by atoms with Gasteiger partial charge in [0, 0.05) is 28.0 Å². The molecule has 0 atom stereocenters. The summed E-state index contributed by atoms with van der Waals surface area (Å²) >= 11 is 3.34. The fourth-order valence-electron chi connectivity index (χ4n) is 1.65. The third-order valence-electron chi connectivity index (χ3n) is 2.75. The Balaban J connectivity index is 2.01. The van der Waals surface area contributed by atoms with E-state index < -0.39 is 0 Å². The van der Waals surface area contributed by atoms with Crippen molar-refractivity contribution in [3.05, 3.63) is 76.4 Å². The molecule has 2 rings (SSSR count). The van der Waals surface area contributed by atoms with Crippen LogP contribution >= 0.6 is 15.9 Å². The van der Waals surface area contributed by atoms with Crippen LogP contribution in [0.2, 0.25) is 0 Å². The normalized spacial score (nSPS) is 10.6. The lowest BCUT2D eigenvalue weighted by Crippen LogP contribution is -1.96. The van der Waals surface area contributed by atoms with Crippen molar-refractivity contribution in [3.8, 4) is 0 Å². The van der Waals surface area contributed by atoms with Gasteiger partial charge in [0.2, 0.25) is 0 Å². The average Bonchev–Trinajstić information content (AvgIpc) is 2.41. The minimum absolute atomic E-state index is 0.0198. The molecule has 0 spiro atoms. The molecule has 0 aliphatic rings. The molecule has 0 fully saturated rings. The van der Waals surface area contributed by atoms with Crippen LogP contribution in [0, 0.1) is 6.92 Å². The molecule has 0 aromatic heterocycles. The first-order valence-corrected chi connectivity index (χ1v) is 6.75. The van der Waals surface area contributed by atoms with Crippen LogP contribution in [0.5, 0.6) is 0 Å². The molecule has 0 aliphatic heterocycles. The van der Waals surface area contributed by atoms with Gasteiger partial charge in [-0.1, -0.05) is 34.1 Å². The van der Waals surface area contributed by atoms with Crippen LogP contribution in [0.25, 0.3) is 0 Å². The van der Waals surface area contributed by atoms with Gasteiger partial charge in [0.15, 0.2) is 5.78 Å². The average molecular weight is 316 g/mol. The van der Waals surface area contributed by atoms with Gasteiger partial charge in [-0.05, 0) is 42.8 Å². The number of ketones is 1. The van der Waals surface area contributed by atoms with E-state index in [-0.39, 0.29) is 5.78 Å². The van der Waals surface area contributed by atoms with Crippen LogP contribution < -0.4 is 5.32 Å². The summed E-state index contributed by atoms with van der Waals surface area (Å²) in [6, 6.07) is 15.2. The van der Waals surface area contributed by atoms with Gasteiger partial charge >= 0.3 is 0 Å². The predicted octanol–water partition coefficient (Wildman–Crippen LogP) is 4.57. The molecule has 1 N–H and O–H groups in total. The van der Waals surface area contributed by atoms with E-state index in [1.807, 2.05) is 43.3 Å². The molecule has 19 heavy (non-hydrogen) atoms. The third kappa shape index (κ3) is 3.80. The molecule has 0 bridgehead atoms. The van der Waals surface area contributed by atoms with Crippen molar-refractivity contribution in [3.63, 3.8) is 0 Å². The molecular weight excluding hydrogens is 302 g/mol. The Kier molecular flexibility index (Phi) is 4.53. The van der Waals surface area contributed by atoms with Crippen molar-refractivity contribution >= 4 is 27.4 Å². The Bertz CT molecular complexity index is 602.